The number of nitrogens with two attached hydrogens (primary N) is 1. The fraction of sp³-hybridized carbons (Fsp3) is 0.478. The minimum absolute atomic E-state index is 0.0436. The van der Waals surface area contributed by atoms with Gasteiger partial charge in [0.25, 0.3) is 17.4 Å². The van der Waals surface area contributed by atoms with Crippen LogP contribution in [0, 0.1) is 0 Å². The number of unbranched alkanes of at least 4 members (excludes halogenated alkanes) is 1. The van der Waals surface area contributed by atoms with Crippen molar-refractivity contribution in [3.8, 4) is 0 Å². The van der Waals surface area contributed by atoms with E-state index in [9.17, 15) is 19.2 Å². The molecule has 1 aliphatic rings. The first-order valence-electron chi connectivity index (χ1n) is 11.3. The number of carbonyl (C=O) groups is 2. The number of nitrogens with one attached hydrogen (secondary N) is 2. The van der Waals surface area contributed by atoms with Gasteiger partial charge >= 0.3 is 5.69 Å². The number of nitrogens with zero attached hydrogens (tertiary/aromatic N) is 2. The van der Waals surface area contributed by atoms with Gasteiger partial charge in [0.15, 0.2) is 5.69 Å². The highest BCUT2D eigenvalue weighted by Crippen LogP contribution is 2.22. The Labute approximate surface area is 191 Å². The highest BCUT2D eigenvalue weighted by Gasteiger charge is 2.26. The molecule has 2 amide bonds. The molecule has 2 aromatic rings. The van der Waals surface area contributed by atoms with Gasteiger partial charge in [0, 0.05) is 30.9 Å². The molecule has 33 heavy (non-hydrogen) atoms. The number of H-pyrrole nitrogens is 1. The maximum atomic E-state index is 13.5. The number of nitrogen functional groups attached to an aromatic ring is 1. The Balaban J connectivity index is 1.95. The van der Waals surface area contributed by atoms with Crippen LogP contribution in [0.4, 0.5) is 17.2 Å². The minimum atomic E-state index is -0.711. The molecule has 1 fully saturated rings. The van der Waals surface area contributed by atoms with Gasteiger partial charge in [-0.25, -0.2) is 4.79 Å². The third-order valence-electron chi connectivity index (χ3n) is 5.51. The van der Waals surface area contributed by atoms with Crippen LogP contribution in [-0.4, -0.2) is 40.6 Å². The van der Waals surface area contributed by atoms with Gasteiger partial charge in [-0.3, -0.25) is 23.9 Å². The van der Waals surface area contributed by atoms with Crippen molar-refractivity contribution in [1.82, 2.24) is 9.55 Å². The van der Waals surface area contributed by atoms with Crippen molar-refractivity contribution < 1.29 is 14.3 Å². The van der Waals surface area contributed by atoms with Gasteiger partial charge < -0.3 is 20.7 Å². The normalized spacial score (nSPS) is 15.4. The van der Waals surface area contributed by atoms with Gasteiger partial charge in [0.2, 0.25) is 0 Å². The standard InChI is InChI=1S/C23H31N5O5/c1-3-5-12-27(18-19(24)28(11-4-2)23(32)26-21(18)30)22(31)15-8-6-9-16(14-15)25-20(29)17-10-7-13-33-17/h6,8-9,14,17H,3-5,7,10-13,24H2,1-2H3,(H,25,29)(H,26,30,32). The Hall–Kier alpha value is -3.40. The van der Waals surface area contributed by atoms with Crippen LogP contribution in [0.2, 0.25) is 0 Å². The summed E-state index contributed by atoms with van der Waals surface area (Å²) >= 11 is 0. The maximum absolute atomic E-state index is 13.5. The smallest absolute Gasteiger partial charge is 0.330 e. The molecular weight excluding hydrogens is 426 g/mol. The zero-order chi connectivity index (χ0) is 24.0. The zero-order valence-electron chi connectivity index (χ0n) is 19.1. The Morgan fingerprint density at radius 3 is 2.73 bits per heavy atom. The summed E-state index contributed by atoms with van der Waals surface area (Å²) in [6, 6.07) is 6.50. The van der Waals surface area contributed by atoms with Crippen LogP contribution in [0.15, 0.2) is 33.9 Å². The summed E-state index contributed by atoms with van der Waals surface area (Å²) in [6.45, 7) is 4.97. The highest BCUT2D eigenvalue weighted by atomic mass is 16.5. The lowest BCUT2D eigenvalue weighted by atomic mass is 10.1. The van der Waals surface area contributed by atoms with Crippen LogP contribution in [-0.2, 0) is 16.1 Å². The summed E-state index contributed by atoms with van der Waals surface area (Å²) in [4.78, 5) is 54.4. The average molecular weight is 458 g/mol. The molecule has 178 valence electrons. The van der Waals surface area contributed by atoms with Gasteiger partial charge in [-0.2, -0.15) is 0 Å². The van der Waals surface area contributed by atoms with Gasteiger partial charge in [-0.15, -0.1) is 0 Å². The molecule has 3 rings (SSSR count). The summed E-state index contributed by atoms with van der Waals surface area (Å²) < 4.78 is 6.67. The van der Waals surface area contributed by atoms with E-state index in [1.807, 2.05) is 13.8 Å². The van der Waals surface area contributed by atoms with Gasteiger partial charge in [-0.1, -0.05) is 26.3 Å². The SMILES string of the molecule is CCCCN(C(=O)c1cccc(NC(=O)C2CCCO2)c1)c1c(N)n(CCC)c(=O)[nH]c1=O. The number of benzene rings is 1. The number of hydrogen-bond acceptors (Lipinski definition) is 6. The Morgan fingerprint density at radius 1 is 1.27 bits per heavy atom. The molecule has 10 nitrogen and oxygen atoms in total. The van der Waals surface area contributed by atoms with Gasteiger partial charge in [0.1, 0.15) is 11.9 Å². The number of anilines is 3. The molecule has 2 heterocycles. The molecule has 0 saturated carbocycles. The van der Waals surface area contributed by atoms with Crippen molar-refractivity contribution in [2.24, 2.45) is 0 Å². The minimum Gasteiger partial charge on any atom is -0.383 e. The first kappa shape index (κ1) is 24.2. The topological polar surface area (TPSA) is 140 Å². The monoisotopic (exact) mass is 457 g/mol. The third-order valence-corrected chi connectivity index (χ3v) is 5.51. The number of hydrogen-bond donors (Lipinski definition) is 3. The van der Waals surface area contributed by atoms with E-state index < -0.39 is 23.3 Å². The van der Waals surface area contributed by atoms with Gasteiger partial charge in [0.05, 0.1) is 0 Å². The lowest BCUT2D eigenvalue weighted by molar-refractivity contribution is -0.124. The fourth-order valence-corrected chi connectivity index (χ4v) is 3.81. The molecule has 0 radical (unpaired) electrons. The number of amides is 2. The second-order valence-electron chi connectivity index (χ2n) is 8.03. The van der Waals surface area contributed by atoms with Crippen molar-refractivity contribution in [2.45, 2.75) is 58.6 Å². The second kappa shape index (κ2) is 11.0. The largest absolute Gasteiger partial charge is 0.383 e. The van der Waals surface area contributed by atoms with E-state index in [1.54, 1.807) is 24.3 Å². The highest BCUT2D eigenvalue weighted by molar-refractivity contribution is 6.08. The quantitative estimate of drug-likeness (QED) is 0.527. The summed E-state index contributed by atoms with van der Waals surface area (Å²) in [5, 5.41) is 2.78. The van der Waals surface area contributed by atoms with E-state index in [0.29, 0.717) is 38.1 Å². The van der Waals surface area contributed by atoms with E-state index in [0.717, 1.165) is 12.8 Å². The molecule has 1 saturated heterocycles. The molecule has 1 unspecified atom stereocenters. The average Bonchev–Trinajstić information content (AvgIpc) is 3.33. The second-order valence-corrected chi connectivity index (χ2v) is 8.03. The lowest BCUT2D eigenvalue weighted by Gasteiger charge is -2.24. The van der Waals surface area contributed by atoms with E-state index in [1.165, 1.54) is 9.47 Å². The third kappa shape index (κ3) is 5.51. The number of aromatic nitrogens is 2. The first-order valence-corrected chi connectivity index (χ1v) is 11.3. The first-order chi connectivity index (χ1) is 15.9. The summed E-state index contributed by atoms with van der Waals surface area (Å²) in [5.74, 6) is -0.749. The molecule has 1 atom stereocenters. The van der Waals surface area contributed by atoms with Crippen LogP contribution < -0.4 is 27.2 Å². The van der Waals surface area contributed by atoms with Crippen LogP contribution in [0.5, 0.6) is 0 Å². The van der Waals surface area contributed by atoms with E-state index in [2.05, 4.69) is 10.3 Å². The number of ether oxygens (including phenoxy) is 1. The van der Waals surface area contributed by atoms with Gasteiger partial charge in [-0.05, 0) is 43.9 Å². The van der Waals surface area contributed by atoms with E-state index in [-0.39, 0.29) is 29.5 Å². The molecule has 0 aliphatic carbocycles. The summed E-state index contributed by atoms with van der Waals surface area (Å²) in [5.41, 5.74) is 5.57. The number of aromatic amines is 1. The van der Waals surface area contributed by atoms with Crippen LogP contribution in [0.3, 0.4) is 0 Å². The van der Waals surface area contributed by atoms with Crippen LogP contribution in [0.1, 0.15) is 56.3 Å². The van der Waals surface area contributed by atoms with Crippen molar-refractivity contribution in [1.29, 1.82) is 0 Å². The van der Waals surface area contributed by atoms with E-state index in [4.69, 9.17) is 10.5 Å². The molecule has 1 aromatic heterocycles. The Bertz CT molecular complexity index is 1120. The Morgan fingerprint density at radius 2 is 2.06 bits per heavy atom. The van der Waals surface area contributed by atoms with E-state index >= 15 is 0 Å². The molecule has 10 heteroatoms. The van der Waals surface area contributed by atoms with Crippen LogP contribution >= 0.6 is 0 Å². The zero-order valence-corrected chi connectivity index (χ0v) is 19.1. The van der Waals surface area contributed by atoms with Crippen molar-refractivity contribution in [3.63, 3.8) is 0 Å². The predicted molar refractivity (Wildman–Crippen MR) is 127 cm³/mol. The molecular formula is C23H31N5O5. The summed E-state index contributed by atoms with van der Waals surface area (Å²) in [6.07, 6.45) is 3.04. The number of rotatable bonds is 9. The summed E-state index contributed by atoms with van der Waals surface area (Å²) in [7, 11) is 0. The van der Waals surface area contributed by atoms with Crippen molar-refractivity contribution in [3.05, 3.63) is 50.7 Å². The van der Waals surface area contributed by atoms with Crippen molar-refractivity contribution >= 4 is 29.0 Å². The number of carbonyl (C=O) groups excluding carboxylic acids is 2. The fourth-order valence-electron chi connectivity index (χ4n) is 3.81. The predicted octanol–water partition coefficient (Wildman–Crippen LogP) is 2.09. The molecule has 4 N–H and O–H groups in total. The van der Waals surface area contributed by atoms with Crippen molar-refractivity contribution in [2.75, 3.05) is 29.1 Å². The van der Waals surface area contributed by atoms with Crippen LogP contribution in [0.25, 0.3) is 0 Å². The lowest BCUT2D eigenvalue weighted by Crippen LogP contribution is -2.41. The molecule has 1 aliphatic heterocycles. The Kier molecular flexibility index (Phi) is 8.05. The molecule has 1 aromatic carbocycles. The maximum Gasteiger partial charge on any atom is 0.330 e. The molecule has 0 bridgehead atoms. The molecule has 0 spiro atoms.